The second kappa shape index (κ2) is 4.71. The number of nitro groups is 1. The molecule has 0 spiro atoms. The van der Waals surface area contributed by atoms with Gasteiger partial charge in [0.05, 0.1) is 6.61 Å². The first-order valence-electron chi connectivity index (χ1n) is 4.77. The van der Waals surface area contributed by atoms with Gasteiger partial charge in [-0.25, -0.2) is 0 Å². The van der Waals surface area contributed by atoms with Crippen molar-refractivity contribution in [1.29, 1.82) is 0 Å². The Kier molecular flexibility index (Phi) is 3.11. The molecule has 6 nitrogen and oxygen atoms in total. The first kappa shape index (κ1) is 10.6. The number of ether oxygens (including phenoxy) is 1. The minimum absolute atomic E-state index is 0.100. The number of amidine groups is 1. The maximum Gasteiger partial charge on any atom is 0.417 e. The normalized spacial score (nSPS) is 19.0. The molecule has 16 heavy (non-hydrogen) atoms. The second-order valence-electron chi connectivity index (χ2n) is 3.29. The minimum Gasteiger partial charge on any atom is -0.358 e. The highest BCUT2D eigenvalue weighted by molar-refractivity contribution is 5.79. The van der Waals surface area contributed by atoms with Crippen LogP contribution in [0.1, 0.15) is 5.56 Å². The monoisotopic (exact) mass is 222 g/mol. The van der Waals surface area contributed by atoms with Crippen molar-refractivity contribution in [3.63, 3.8) is 0 Å². The predicted octanol–water partition coefficient (Wildman–Crippen LogP) is 1.19. The van der Waals surface area contributed by atoms with E-state index in [0.717, 1.165) is 5.56 Å². The summed E-state index contributed by atoms with van der Waals surface area (Å²) < 4.78 is 5.37. The minimum atomic E-state index is -0.685. The molecule has 0 fully saturated rings. The second-order valence-corrected chi connectivity index (χ2v) is 3.29. The fourth-order valence-corrected chi connectivity index (χ4v) is 1.35. The highest BCUT2D eigenvalue weighted by Crippen LogP contribution is 2.10. The lowest BCUT2D eigenvalue weighted by Crippen LogP contribution is -2.29. The highest BCUT2D eigenvalue weighted by atomic mass is 16.7. The van der Waals surface area contributed by atoms with E-state index in [4.69, 9.17) is 4.74 Å². The molecule has 0 bridgehead atoms. The zero-order valence-corrected chi connectivity index (χ0v) is 8.41. The lowest BCUT2D eigenvalue weighted by molar-refractivity contribution is -0.358. The first-order chi connectivity index (χ1) is 7.77. The molecule has 0 N–H and O–H groups in total. The number of oxime groups is 1. The molecule has 1 aliphatic rings. The van der Waals surface area contributed by atoms with E-state index < -0.39 is 11.0 Å². The Labute approximate surface area is 91.6 Å². The molecule has 84 valence electrons. The van der Waals surface area contributed by atoms with Gasteiger partial charge in [0, 0.05) is 0 Å². The van der Waals surface area contributed by atoms with E-state index >= 15 is 0 Å². The van der Waals surface area contributed by atoms with Crippen LogP contribution in [0.3, 0.4) is 0 Å². The van der Waals surface area contributed by atoms with Crippen molar-refractivity contribution in [3.05, 3.63) is 46.0 Å². The Morgan fingerprint density at radius 2 is 2.25 bits per heavy atom. The van der Waals surface area contributed by atoms with Gasteiger partial charge >= 0.3 is 5.84 Å². The summed E-state index contributed by atoms with van der Waals surface area (Å²) in [7, 11) is 0. The maximum atomic E-state index is 10.5. The van der Waals surface area contributed by atoms with Gasteiger partial charge in [0.25, 0.3) is 0 Å². The molecule has 1 unspecified atom stereocenters. The summed E-state index contributed by atoms with van der Waals surface area (Å²) in [6.07, 6.45) is -0.685. The standard InChI is InChI=1S/C10H10N2O4/c13-12(14)10-9(7-16-11-10)15-6-8-4-2-1-3-5-8/h1-5,9H,6-7H2. The molecule has 1 atom stereocenters. The molecule has 0 saturated carbocycles. The predicted molar refractivity (Wildman–Crippen MR) is 55.4 cm³/mol. The third-order valence-corrected chi connectivity index (χ3v) is 2.15. The quantitative estimate of drug-likeness (QED) is 0.568. The van der Waals surface area contributed by atoms with Crippen molar-refractivity contribution < 1.29 is 14.5 Å². The third kappa shape index (κ3) is 2.34. The fourth-order valence-electron chi connectivity index (χ4n) is 1.35. The Hall–Kier alpha value is -1.95. The van der Waals surface area contributed by atoms with Gasteiger partial charge in [-0.15, -0.1) is 0 Å². The van der Waals surface area contributed by atoms with Crippen LogP contribution in [0.15, 0.2) is 35.5 Å². The molecule has 2 rings (SSSR count). The summed E-state index contributed by atoms with van der Waals surface area (Å²) in [4.78, 5) is 14.6. The van der Waals surface area contributed by atoms with Crippen LogP contribution in [0, 0.1) is 10.1 Å². The average molecular weight is 222 g/mol. The molecular formula is C10H10N2O4. The van der Waals surface area contributed by atoms with E-state index in [1.54, 1.807) is 0 Å². The van der Waals surface area contributed by atoms with Crippen molar-refractivity contribution in [3.8, 4) is 0 Å². The first-order valence-corrected chi connectivity index (χ1v) is 4.77. The smallest absolute Gasteiger partial charge is 0.358 e. The molecule has 0 aliphatic carbocycles. The van der Waals surface area contributed by atoms with Gasteiger partial charge in [-0.05, 0) is 10.5 Å². The third-order valence-electron chi connectivity index (χ3n) is 2.15. The van der Waals surface area contributed by atoms with Gasteiger partial charge in [-0.2, -0.15) is 0 Å². The van der Waals surface area contributed by atoms with Gasteiger partial charge in [-0.1, -0.05) is 30.3 Å². The van der Waals surface area contributed by atoms with Crippen molar-refractivity contribution in [1.82, 2.24) is 0 Å². The van der Waals surface area contributed by atoms with Crippen molar-refractivity contribution in [2.45, 2.75) is 12.7 Å². The zero-order valence-electron chi connectivity index (χ0n) is 8.41. The zero-order chi connectivity index (χ0) is 11.4. The van der Waals surface area contributed by atoms with Gasteiger partial charge in [-0.3, -0.25) is 4.84 Å². The Balaban J connectivity index is 1.92. The lowest BCUT2D eigenvalue weighted by Gasteiger charge is -2.07. The Bertz CT molecular complexity index is 405. The molecule has 1 aliphatic heterocycles. The van der Waals surface area contributed by atoms with Crippen molar-refractivity contribution >= 4 is 5.84 Å². The largest absolute Gasteiger partial charge is 0.417 e. The summed E-state index contributed by atoms with van der Waals surface area (Å²) >= 11 is 0. The van der Waals surface area contributed by atoms with Crippen LogP contribution >= 0.6 is 0 Å². The lowest BCUT2D eigenvalue weighted by atomic mass is 10.2. The van der Waals surface area contributed by atoms with E-state index in [1.807, 2.05) is 30.3 Å². The van der Waals surface area contributed by atoms with Crippen LogP contribution in [0.4, 0.5) is 0 Å². The number of benzene rings is 1. The van der Waals surface area contributed by atoms with Gasteiger partial charge in [0.2, 0.25) is 6.10 Å². The van der Waals surface area contributed by atoms with Crippen LogP contribution in [0.5, 0.6) is 0 Å². The maximum absolute atomic E-state index is 10.5. The van der Waals surface area contributed by atoms with Gasteiger partial charge in [0.15, 0.2) is 11.8 Å². The molecule has 0 amide bonds. The summed E-state index contributed by atoms with van der Waals surface area (Å²) in [5.74, 6) is -0.268. The number of hydrogen-bond donors (Lipinski definition) is 0. The van der Waals surface area contributed by atoms with Crippen LogP contribution in [0.2, 0.25) is 0 Å². The van der Waals surface area contributed by atoms with Crippen molar-refractivity contribution in [2.75, 3.05) is 6.61 Å². The van der Waals surface area contributed by atoms with E-state index in [9.17, 15) is 10.1 Å². The highest BCUT2D eigenvalue weighted by Gasteiger charge is 2.35. The SMILES string of the molecule is O=[N+]([O-])C1=NOCC1OCc1ccccc1. The molecule has 0 saturated heterocycles. The summed E-state index contributed by atoms with van der Waals surface area (Å²) in [5, 5.41) is 13.9. The van der Waals surface area contributed by atoms with E-state index in [1.165, 1.54) is 0 Å². The number of rotatable bonds is 3. The molecule has 0 aromatic heterocycles. The topological polar surface area (TPSA) is 74.0 Å². The summed E-state index contributed by atoms with van der Waals surface area (Å²) in [6, 6.07) is 9.43. The number of nitrogens with zero attached hydrogens (tertiary/aromatic N) is 2. The van der Waals surface area contributed by atoms with E-state index in [0.29, 0.717) is 6.61 Å². The van der Waals surface area contributed by atoms with Crippen molar-refractivity contribution in [2.24, 2.45) is 5.16 Å². The van der Waals surface area contributed by atoms with Crippen LogP contribution in [-0.2, 0) is 16.2 Å². The van der Waals surface area contributed by atoms with E-state index in [-0.39, 0.29) is 12.4 Å². The fraction of sp³-hybridized carbons (Fsp3) is 0.300. The average Bonchev–Trinajstić information content (AvgIpc) is 2.76. The number of hydrogen-bond acceptors (Lipinski definition) is 5. The molecular weight excluding hydrogens is 212 g/mol. The van der Waals surface area contributed by atoms with Crippen LogP contribution in [-0.4, -0.2) is 23.5 Å². The Morgan fingerprint density at radius 1 is 1.50 bits per heavy atom. The Morgan fingerprint density at radius 3 is 2.94 bits per heavy atom. The molecule has 1 aromatic rings. The molecule has 0 radical (unpaired) electrons. The summed E-state index contributed by atoms with van der Waals surface area (Å²) in [5.41, 5.74) is 0.956. The van der Waals surface area contributed by atoms with Crippen LogP contribution in [0.25, 0.3) is 0 Å². The van der Waals surface area contributed by atoms with Gasteiger partial charge < -0.3 is 14.9 Å². The van der Waals surface area contributed by atoms with Crippen LogP contribution < -0.4 is 0 Å². The summed E-state index contributed by atoms with van der Waals surface area (Å²) in [6.45, 7) is 0.408. The molecule has 1 aromatic carbocycles. The van der Waals surface area contributed by atoms with E-state index in [2.05, 4.69) is 9.99 Å². The van der Waals surface area contributed by atoms with Gasteiger partial charge in [0.1, 0.15) is 0 Å². The molecule has 1 heterocycles. The molecule has 6 heteroatoms.